The summed E-state index contributed by atoms with van der Waals surface area (Å²) in [6, 6.07) is 0. The Bertz CT molecular complexity index is 199. The summed E-state index contributed by atoms with van der Waals surface area (Å²) in [7, 11) is 0. The Morgan fingerprint density at radius 3 is 2.56 bits per heavy atom. The normalized spacial score (nSPS) is 17.0. The fourth-order valence-electron chi connectivity index (χ4n) is 0.801. The Morgan fingerprint density at radius 1 is 1.67 bits per heavy atom. The number of carboxylic acids is 1. The summed E-state index contributed by atoms with van der Waals surface area (Å²) < 4.78 is 0. The average molecular weight is 123 g/mol. The maximum atomic E-state index is 10.1. The summed E-state index contributed by atoms with van der Waals surface area (Å²) >= 11 is 0. The SMILES string of the molecule is CC1=CC=C(C(=O)[O-])C1. The monoisotopic (exact) mass is 123 g/mol. The number of rotatable bonds is 1. The van der Waals surface area contributed by atoms with Crippen molar-refractivity contribution in [2.75, 3.05) is 0 Å². The first-order valence-electron chi connectivity index (χ1n) is 2.78. The van der Waals surface area contributed by atoms with Crippen LogP contribution in [0.2, 0.25) is 0 Å². The molecule has 0 aromatic heterocycles. The molecule has 1 aliphatic rings. The van der Waals surface area contributed by atoms with Gasteiger partial charge in [0.1, 0.15) is 0 Å². The minimum atomic E-state index is -1.05. The predicted molar refractivity (Wildman–Crippen MR) is 31.5 cm³/mol. The van der Waals surface area contributed by atoms with E-state index in [1.54, 1.807) is 12.2 Å². The van der Waals surface area contributed by atoms with Gasteiger partial charge in [-0.15, -0.1) is 0 Å². The second-order valence-electron chi connectivity index (χ2n) is 2.17. The molecule has 0 spiro atoms. The van der Waals surface area contributed by atoms with Crippen molar-refractivity contribution in [3.05, 3.63) is 23.3 Å². The zero-order valence-electron chi connectivity index (χ0n) is 5.18. The average Bonchev–Trinajstić information content (AvgIpc) is 2.14. The molecule has 0 aliphatic heterocycles. The van der Waals surface area contributed by atoms with Crippen molar-refractivity contribution in [3.63, 3.8) is 0 Å². The minimum absolute atomic E-state index is 0.382. The fourth-order valence-corrected chi connectivity index (χ4v) is 0.801. The van der Waals surface area contributed by atoms with Crippen LogP contribution in [0, 0.1) is 0 Å². The molecule has 0 amide bonds. The Labute approximate surface area is 53.5 Å². The Balaban J connectivity index is 2.64. The summed E-state index contributed by atoms with van der Waals surface area (Å²) in [5, 5.41) is 10.1. The van der Waals surface area contributed by atoms with Crippen LogP contribution in [0.3, 0.4) is 0 Å². The molecule has 0 radical (unpaired) electrons. The van der Waals surface area contributed by atoms with Crippen LogP contribution >= 0.6 is 0 Å². The Hall–Kier alpha value is -1.05. The van der Waals surface area contributed by atoms with Gasteiger partial charge in [-0.2, -0.15) is 0 Å². The number of hydrogen-bond acceptors (Lipinski definition) is 2. The fraction of sp³-hybridized carbons (Fsp3) is 0.286. The van der Waals surface area contributed by atoms with Crippen molar-refractivity contribution >= 4 is 5.97 Å². The predicted octanol–water partition coefficient (Wildman–Crippen LogP) is 0.0127. The van der Waals surface area contributed by atoms with Gasteiger partial charge in [-0.05, 0) is 18.9 Å². The van der Waals surface area contributed by atoms with Crippen LogP contribution in [0.1, 0.15) is 13.3 Å². The molecule has 1 rings (SSSR count). The molecule has 48 valence electrons. The molecule has 0 fully saturated rings. The third-order valence-corrected chi connectivity index (χ3v) is 1.30. The van der Waals surface area contributed by atoms with E-state index in [2.05, 4.69) is 0 Å². The second-order valence-corrected chi connectivity index (χ2v) is 2.17. The lowest BCUT2D eigenvalue weighted by Crippen LogP contribution is -2.23. The first-order chi connectivity index (χ1) is 4.20. The van der Waals surface area contributed by atoms with Crippen LogP contribution in [-0.2, 0) is 4.79 Å². The Kier molecular flexibility index (Phi) is 1.39. The number of aliphatic carboxylic acids is 1. The number of allylic oxidation sites excluding steroid dienone is 3. The lowest BCUT2D eigenvalue weighted by molar-refractivity contribution is -0.299. The molecule has 0 aromatic rings. The lowest BCUT2D eigenvalue weighted by Gasteiger charge is -2.00. The molecular formula is C7H7O2-. The zero-order chi connectivity index (χ0) is 6.85. The molecule has 0 heterocycles. The van der Waals surface area contributed by atoms with E-state index in [1.807, 2.05) is 6.92 Å². The van der Waals surface area contributed by atoms with Gasteiger partial charge in [0.15, 0.2) is 0 Å². The third kappa shape index (κ3) is 1.19. The summed E-state index contributed by atoms with van der Waals surface area (Å²) in [6.07, 6.45) is 3.93. The molecule has 2 heteroatoms. The molecule has 1 aliphatic carbocycles. The summed E-state index contributed by atoms with van der Waals surface area (Å²) in [4.78, 5) is 10.1. The van der Waals surface area contributed by atoms with Gasteiger partial charge in [-0.3, -0.25) is 0 Å². The van der Waals surface area contributed by atoms with Gasteiger partial charge >= 0.3 is 0 Å². The van der Waals surface area contributed by atoms with Crippen molar-refractivity contribution in [1.29, 1.82) is 0 Å². The highest BCUT2D eigenvalue weighted by Crippen LogP contribution is 2.16. The minimum Gasteiger partial charge on any atom is -0.545 e. The summed E-state index contributed by atoms with van der Waals surface area (Å²) in [5.41, 5.74) is 1.46. The lowest BCUT2D eigenvalue weighted by atomic mass is 10.2. The second kappa shape index (κ2) is 2.05. The maximum absolute atomic E-state index is 10.1. The maximum Gasteiger partial charge on any atom is 0.0678 e. The van der Waals surface area contributed by atoms with Crippen LogP contribution in [-0.4, -0.2) is 5.97 Å². The van der Waals surface area contributed by atoms with Crippen molar-refractivity contribution in [3.8, 4) is 0 Å². The molecule has 2 nitrogen and oxygen atoms in total. The highest BCUT2D eigenvalue weighted by molar-refractivity contribution is 5.86. The smallest absolute Gasteiger partial charge is 0.0678 e. The molecule has 0 aromatic carbocycles. The highest BCUT2D eigenvalue weighted by atomic mass is 16.4. The van der Waals surface area contributed by atoms with Gasteiger partial charge in [-0.25, -0.2) is 0 Å². The molecular weight excluding hydrogens is 116 g/mol. The van der Waals surface area contributed by atoms with Crippen molar-refractivity contribution in [1.82, 2.24) is 0 Å². The van der Waals surface area contributed by atoms with E-state index in [0.29, 0.717) is 12.0 Å². The standard InChI is InChI=1S/C7H8O2/c1-5-2-3-6(4-5)7(8)9/h2-3H,4H2,1H3,(H,8,9)/p-1. The van der Waals surface area contributed by atoms with Crippen LogP contribution in [0.5, 0.6) is 0 Å². The van der Waals surface area contributed by atoms with Crippen molar-refractivity contribution < 1.29 is 9.90 Å². The molecule has 0 bridgehead atoms. The van der Waals surface area contributed by atoms with Gasteiger partial charge in [0.25, 0.3) is 0 Å². The van der Waals surface area contributed by atoms with E-state index < -0.39 is 5.97 Å². The van der Waals surface area contributed by atoms with Gasteiger partial charge in [0, 0.05) is 0 Å². The third-order valence-electron chi connectivity index (χ3n) is 1.30. The van der Waals surface area contributed by atoms with Gasteiger partial charge in [0.05, 0.1) is 5.97 Å². The van der Waals surface area contributed by atoms with Crippen LogP contribution in [0.25, 0.3) is 0 Å². The molecule has 0 unspecified atom stereocenters. The van der Waals surface area contributed by atoms with E-state index in [4.69, 9.17) is 0 Å². The molecule has 9 heavy (non-hydrogen) atoms. The van der Waals surface area contributed by atoms with Crippen LogP contribution < -0.4 is 5.11 Å². The summed E-state index contributed by atoms with van der Waals surface area (Å²) in [6.45, 7) is 1.90. The molecule has 0 N–H and O–H groups in total. The topological polar surface area (TPSA) is 40.1 Å². The first kappa shape index (κ1) is 6.08. The van der Waals surface area contributed by atoms with E-state index in [9.17, 15) is 9.90 Å². The van der Waals surface area contributed by atoms with E-state index >= 15 is 0 Å². The van der Waals surface area contributed by atoms with Crippen LogP contribution in [0.15, 0.2) is 23.3 Å². The number of carbonyl (C=O) groups excluding carboxylic acids is 1. The molecule has 0 atom stereocenters. The van der Waals surface area contributed by atoms with Crippen molar-refractivity contribution in [2.24, 2.45) is 0 Å². The molecule has 0 saturated heterocycles. The van der Waals surface area contributed by atoms with E-state index in [0.717, 1.165) is 5.57 Å². The number of carbonyl (C=O) groups is 1. The quantitative estimate of drug-likeness (QED) is 0.493. The number of carboxylic acid groups (broad SMARTS) is 1. The Morgan fingerprint density at radius 2 is 2.33 bits per heavy atom. The first-order valence-corrected chi connectivity index (χ1v) is 2.78. The van der Waals surface area contributed by atoms with Gasteiger partial charge in [-0.1, -0.05) is 17.7 Å². The highest BCUT2D eigenvalue weighted by Gasteiger charge is 2.03. The van der Waals surface area contributed by atoms with Gasteiger partial charge < -0.3 is 9.90 Å². The largest absolute Gasteiger partial charge is 0.545 e. The van der Waals surface area contributed by atoms with Gasteiger partial charge in [0.2, 0.25) is 0 Å². The van der Waals surface area contributed by atoms with Crippen LogP contribution in [0.4, 0.5) is 0 Å². The summed E-state index contributed by atoms with van der Waals surface area (Å²) in [5.74, 6) is -1.05. The van der Waals surface area contributed by atoms with E-state index in [-0.39, 0.29) is 0 Å². The van der Waals surface area contributed by atoms with E-state index in [1.165, 1.54) is 0 Å². The zero-order valence-corrected chi connectivity index (χ0v) is 5.18. The number of hydrogen-bond donors (Lipinski definition) is 0. The van der Waals surface area contributed by atoms with Crippen molar-refractivity contribution in [2.45, 2.75) is 13.3 Å². The molecule has 0 saturated carbocycles.